The third-order valence-corrected chi connectivity index (χ3v) is 5.96. The van der Waals surface area contributed by atoms with E-state index in [4.69, 9.17) is 0 Å². The quantitative estimate of drug-likeness (QED) is 0.511. The molecule has 0 radical (unpaired) electrons. The molecule has 0 saturated heterocycles. The number of nitrogens with zero attached hydrogens (tertiary/aromatic N) is 3. The number of rotatable bonds is 6. The van der Waals surface area contributed by atoms with Crippen molar-refractivity contribution in [2.24, 2.45) is 0 Å². The van der Waals surface area contributed by atoms with Crippen molar-refractivity contribution in [2.75, 3.05) is 32.1 Å². The molecule has 30 heavy (non-hydrogen) atoms. The molecule has 0 atom stereocenters. The van der Waals surface area contributed by atoms with Gasteiger partial charge in [0.25, 0.3) is 5.91 Å². The molecule has 0 aliphatic carbocycles. The second kappa shape index (κ2) is 8.73. The zero-order valence-corrected chi connectivity index (χ0v) is 18.2. The van der Waals surface area contributed by atoms with Crippen LogP contribution in [0.4, 0.5) is 18.3 Å². The van der Waals surface area contributed by atoms with Gasteiger partial charge in [-0.25, -0.2) is 4.98 Å². The average molecular weight is 436 g/mol. The van der Waals surface area contributed by atoms with E-state index >= 15 is 0 Å². The summed E-state index contributed by atoms with van der Waals surface area (Å²) in [4.78, 5) is 21.5. The van der Waals surface area contributed by atoms with E-state index in [2.05, 4.69) is 11.1 Å². The molecule has 0 N–H and O–H groups in total. The standard InChI is InChI=1S/C22H24F3N3OS/c1-14-12-15(2)19-18(13-14)26-21(30-19)28(11-5-10-27(3)4)20(29)16-6-8-17(9-7-16)22(23,24)25/h6-9,12-13H,5,10-11H2,1-4H3. The summed E-state index contributed by atoms with van der Waals surface area (Å²) in [6, 6.07) is 8.38. The number of hydrogen-bond acceptors (Lipinski definition) is 4. The van der Waals surface area contributed by atoms with E-state index in [0.717, 1.165) is 40.0 Å². The molecule has 2 aromatic carbocycles. The largest absolute Gasteiger partial charge is 0.416 e. The van der Waals surface area contributed by atoms with Crippen molar-refractivity contribution in [3.05, 3.63) is 58.7 Å². The van der Waals surface area contributed by atoms with Gasteiger partial charge in [-0.3, -0.25) is 9.69 Å². The second-order valence-corrected chi connectivity index (χ2v) is 8.59. The van der Waals surface area contributed by atoms with Gasteiger partial charge in [0.2, 0.25) is 0 Å². The number of amides is 1. The molecule has 160 valence electrons. The summed E-state index contributed by atoms with van der Waals surface area (Å²) in [6.07, 6.45) is -3.72. The Morgan fingerprint density at radius 3 is 2.33 bits per heavy atom. The van der Waals surface area contributed by atoms with E-state index < -0.39 is 11.7 Å². The van der Waals surface area contributed by atoms with Crippen LogP contribution < -0.4 is 4.90 Å². The first-order chi connectivity index (χ1) is 14.1. The molecule has 0 aliphatic rings. The van der Waals surface area contributed by atoms with Gasteiger partial charge in [0.1, 0.15) is 0 Å². The number of fused-ring (bicyclic) bond motifs is 1. The summed E-state index contributed by atoms with van der Waals surface area (Å²) < 4.78 is 39.6. The molecule has 1 aromatic heterocycles. The van der Waals surface area contributed by atoms with E-state index in [9.17, 15) is 18.0 Å². The Balaban J connectivity index is 1.96. The number of thiazole rings is 1. The fourth-order valence-corrected chi connectivity index (χ4v) is 4.31. The normalized spacial score (nSPS) is 12.0. The maximum absolute atomic E-state index is 13.2. The minimum absolute atomic E-state index is 0.208. The van der Waals surface area contributed by atoms with Gasteiger partial charge < -0.3 is 4.90 Å². The summed E-state index contributed by atoms with van der Waals surface area (Å²) in [5, 5.41) is 0.558. The fourth-order valence-electron chi connectivity index (χ4n) is 3.27. The van der Waals surface area contributed by atoms with Gasteiger partial charge >= 0.3 is 6.18 Å². The van der Waals surface area contributed by atoms with Crippen LogP contribution in [0.2, 0.25) is 0 Å². The van der Waals surface area contributed by atoms with Gasteiger partial charge in [-0.2, -0.15) is 13.2 Å². The Morgan fingerprint density at radius 1 is 1.07 bits per heavy atom. The van der Waals surface area contributed by atoms with Crippen LogP contribution in [0.15, 0.2) is 36.4 Å². The maximum atomic E-state index is 13.2. The number of hydrogen-bond donors (Lipinski definition) is 0. The number of aryl methyl sites for hydroxylation is 2. The molecular formula is C22H24F3N3OS. The zero-order valence-electron chi connectivity index (χ0n) is 17.4. The molecule has 3 rings (SSSR count). The SMILES string of the molecule is Cc1cc(C)c2sc(N(CCCN(C)C)C(=O)c3ccc(C(F)(F)F)cc3)nc2c1. The lowest BCUT2D eigenvalue weighted by atomic mass is 10.1. The molecular weight excluding hydrogens is 411 g/mol. The first-order valence-corrected chi connectivity index (χ1v) is 10.4. The van der Waals surface area contributed by atoms with Crippen LogP contribution in [0.25, 0.3) is 10.2 Å². The highest BCUT2D eigenvalue weighted by atomic mass is 32.1. The lowest BCUT2D eigenvalue weighted by Crippen LogP contribution is -2.33. The molecule has 0 saturated carbocycles. The van der Waals surface area contributed by atoms with Gasteiger partial charge in [0.15, 0.2) is 5.13 Å². The molecule has 0 unspecified atom stereocenters. The lowest BCUT2D eigenvalue weighted by Gasteiger charge is -2.21. The van der Waals surface area contributed by atoms with Crippen molar-refractivity contribution in [2.45, 2.75) is 26.4 Å². The number of anilines is 1. The van der Waals surface area contributed by atoms with Gasteiger partial charge in [0, 0.05) is 12.1 Å². The first kappa shape index (κ1) is 22.2. The molecule has 0 fully saturated rings. The van der Waals surface area contributed by atoms with Crippen LogP contribution >= 0.6 is 11.3 Å². The zero-order chi connectivity index (χ0) is 22.1. The topological polar surface area (TPSA) is 36.4 Å². The minimum atomic E-state index is -4.44. The Bertz CT molecular complexity index is 1040. The van der Waals surface area contributed by atoms with Crippen LogP contribution in [0.3, 0.4) is 0 Å². The Kier molecular flexibility index (Phi) is 6.47. The van der Waals surface area contributed by atoms with E-state index in [0.29, 0.717) is 18.1 Å². The van der Waals surface area contributed by atoms with Crippen molar-refractivity contribution in [3.63, 3.8) is 0 Å². The van der Waals surface area contributed by atoms with Crippen molar-refractivity contribution in [1.29, 1.82) is 0 Å². The molecule has 1 amide bonds. The van der Waals surface area contributed by atoms with Crippen LogP contribution in [-0.4, -0.2) is 43.0 Å². The van der Waals surface area contributed by atoms with Crippen LogP contribution in [0.5, 0.6) is 0 Å². The van der Waals surface area contributed by atoms with Crippen LogP contribution in [0, 0.1) is 13.8 Å². The maximum Gasteiger partial charge on any atom is 0.416 e. The number of carbonyl (C=O) groups excluding carboxylic acids is 1. The monoisotopic (exact) mass is 435 g/mol. The van der Waals surface area contributed by atoms with Crippen molar-refractivity contribution in [3.8, 4) is 0 Å². The third kappa shape index (κ3) is 4.99. The van der Waals surface area contributed by atoms with Crippen molar-refractivity contribution >= 4 is 32.6 Å². The molecule has 0 spiro atoms. The summed E-state index contributed by atoms with van der Waals surface area (Å²) in [6.45, 7) is 5.20. The highest BCUT2D eigenvalue weighted by Gasteiger charge is 2.30. The molecule has 0 bridgehead atoms. The Hall–Kier alpha value is -2.45. The molecule has 3 aromatic rings. The summed E-state index contributed by atoms with van der Waals surface area (Å²) >= 11 is 1.43. The predicted molar refractivity (Wildman–Crippen MR) is 115 cm³/mol. The second-order valence-electron chi connectivity index (χ2n) is 7.62. The van der Waals surface area contributed by atoms with Crippen LogP contribution in [0.1, 0.15) is 33.5 Å². The number of benzene rings is 2. The Morgan fingerprint density at radius 2 is 1.73 bits per heavy atom. The highest BCUT2D eigenvalue weighted by Crippen LogP contribution is 2.33. The summed E-state index contributed by atoms with van der Waals surface area (Å²) in [7, 11) is 3.90. The van der Waals surface area contributed by atoms with Crippen molar-refractivity contribution in [1.82, 2.24) is 9.88 Å². The average Bonchev–Trinajstić information content (AvgIpc) is 3.08. The molecule has 8 heteroatoms. The van der Waals surface area contributed by atoms with Crippen LogP contribution in [-0.2, 0) is 6.18 Å². The summed E-state index contributed by atoms with van der Waals surface area (Å²) in [5.74, 6) is -0.351. The Labute approximate surface area is 177 Å². The molecule has 1 heterocycles. The third-order valence-electron chi connectivity index (χ3n) is 4.73. The van der Waals surface area contributed by atoms with Gasteiger partial charge in [-0.1, -0.05) is 17.4 Å². The van der Waals surface area contributed by atoms with E-state index in [1.54, 1.807) is 4.90 Å². The number of carbonyl (C=O) groups is 1. The van der Waals surface area contributed by atoms with E-state index in [-0.39, 0.29) is 11.5 Å². The van der Waals surface area contributed by atoms with E-state index in [1.807, 2.05) is 38.9 Å². The van der Waals surface area contributed by atoms with Gasteiger partial charge in [0.05, 0.1) is 15.8 Å². The minimum Gasteiger partial charge on any atom is -0.309 e. The van der Waals surface area contributed by atoms with Gasteiger partial charge in [-0.05, 0) is 82.4 Å². The highest BCUT2D eigenvalue weighted by molar-refractivity contribution is 7.22. The first-order valence-electron chi connectivity index (χ1n) is 9.58. The lowest BCUT2D eigenvalue weighted by molar-refractivity contribution is -0.137. The molecule has 4 nitrogen and oxygen atoms in total. The molecule has 0 aliphatic heterocycles. The number of aromatic nitrogens is 1. The van der Waals surface area contributed by atoms with Crippen molar-refractivity contribution < 1.29 is 18.0 Å². The van der Waals surface area contributed by atoms with E-state index in [1.165, 1.54) is 23.5 Å². The fraction of sp³-hybridized carbons (Fsp3) is 0.364. The number of alkyl halides is 3. The number of halogens is 3. The summed E-state index contributed by atoms with van der Waals surface area (Å²) in [5.41, 5.74) is 2.43. The van der Waals surface area contributed by atoms with Gasteiger partial charge in [-0.15, -0.1) is 0 Å². The smallest absolute Gasteiger partial charge is 0.309 e. The predicted octanol–water partition coefficient (Wildman–Crippen LogP) is 5.53.